The Bertz CT molecular complexity index is 1100. The van der Waals surface area contributed by atoms with Crippen molar-refractivity contribution in [2.75, 3.05) is 17.2 Å². The van der Waals surface area contributed by atoms with Gasteiger partial charge in [-0.15, -0.1) is 0 Å². The highest BCUT2D eigenvalue weighted by Crippen LogP contribution is 2.32. The number of benzene rings is 1. The molecule has 4 rings (SSSR count). The Balaban J connectivity index is 1.45. The van der Waals surface area contributed by atoms with Crippen molar-refractivity contribution in [2.24, 2.45) is 0 Å². The van der Waals surface area contributed by atoms with E-state index in [0.717, 1.165) is 42.6 Å². The zero-order valence-electron chi connectivity index (χ0n) is 18.2. The van der Waals surface area contributed by atoms with Crippen molar-refractivity contribution in [3.63, 3.8) is 0 Å². The van der Waals surface area contributed by atoms with Gasteiger partial charge in [0, 0.05) is 24.7 Å². The van der Waals surface area contributed by atoms with E-state index in [4.69, 9.17) is 0 Å². The molecule has 1 aromatic carbocycles. The lowest BCUT2D eigenvalue weighted by Gasteiger charge is -2.35. The molecule has 2 aromatic heterocycles. The maximum Gasteiger partial charge on any atom is 0.324 e. The fourth-order valence-electron chi connectivity index (χ4n) is 3.92. The normalized spacial score (nSPS) is 15.8. The number of amides is 3. The summed E-state index contributed by atoms with van der Waals surface area (Å²) in [7, 11) is 0. The predicted octanol–water partition coefficient (Wildman–Crippen LogP) is 4.56. The Morgan fingerprint density at radius 1 is 1.00 bits per heavy atom. The van der Waals surface area contributed by atoms with Gasteiger partial charge in [-0.25, -0.2) is 9.78 Å². The van der Waals surface area contributed by atoms with E-state index >= 15 is 0 Å². The molecule has 0 radical (unpaired) electrons. The molecule has 1 saturated heterocycles. The number of hydrogen-bond acceptors (Lipinski definition) is 5. The van der Waals surface area contributed by atoms with Gasteiger partial charge in [-0.3, -0.25) is 20.1 Å². The number of carbonyl (C=O) groups excluding carboxylic acids is 2. The average molecular weight is 431 g/mol. The van der Waals surface area contributed by atoms with Crippen LogP contribution in [0.3, 0.4) is 0 Å². The summed E-state index contributed by atoms with van der Waals surface area (Å²) in [5, 5.41) is 5.42. The maximum absolute atomic E-state index is 12.3. The summed E-state index contributed by atoms with van der Waals surface area (Å²) < 4.78 is 0. The smallest absolute Gasteiger partial charge is 0.324 e. The second kappa shape index (κ2) is 9.55. The Morgan fingerprint density at radius 3 is 2.53 bits per heavy atom. The third kappa shape index (κ3) is 5.08. The topological polar surface area (TPSA) is 100 Å². The van der Waals surface area contributed by atoms with Gasteiger partial charge < -0.3 is 10.2 Å². The third-order valence-corrected chi connectivity index (χ3v) is 5.54. The van der Waals surface area contributed by atoms with Crippen molar-refractivity contribution in [1.82, 2.24) is 19.9 Å². The Labute approximate surface area is 187 Å². The number of likely N-dealkylation sites (tertiary alicyclic amines) is 1. The quantitative estimate of drug-likeness (QED) is 0.632. The number of aromatic nitrogens is 3. The van der Waals surface area contributed by atoms with Crippen molar-refractivity contribution in [3.8, 4) is 11.3 Å². The number of nitrogens with one attached hydrogen (secondary N) is 2. The van der Waals surface area contributed by atoms with Crippen LogP contribution < -0.4 is 10.6 Å². The van der Waals surface area contributed by atoms with Crippen molar-refractivity contribution in [2.45, 2.75) is 39.2 Å². The molecule has 8 heteroatoms. The molecule has 1 unspecified atom stereocenters. The van der Waals surface area contributed by atoms with Crippen LogP contribution in [-0.2, 0) is 4.79 Å². The minimum Gasteiger partial charge on any atom is -0.336 e. The zero-order chi connectivity index (χ0) is 22.5. The van der Waals surface area contributed by atoms with Crippen LogP contribution in [0.4, 0.5) is 16.3 Å². The molecule has 2 N–H and O–H groups in total. The average Bonchev–Trinajstić information content (AvgIpc) is 2.81. The Kier molecular flexibility index (Phi) is 6.39. The monoisotopic (exact) mass is 430 g/mol. The van der Waals surface area contributed by atoms with E-state index in [1.165, 1.54) is 6.20 Å². The van der Waals surface area contributed by atoms with Gasteiger partial charge in [0.15, 0.2) is 5.82 Å². The van der Waals surface area contributed by atoms with Crippen LogP contribution in [0.25, 0.3) is 11.3 Å². The molecule has 3 amide bonds. The molecule has 0 saturated carbocycles. The van der Waals surface area contributed by atoms with E-state index in [0.29, 0.717) is 17.2 Å². The number of piperidine rings is 1. The predicted molar refractivity (Wildman–Crippen MR) is 123 cm³/mol. The molecule has 1 aliphatic rings. The summed E-state index contributed by atoms with van der Waals surface area (Å²) in [6, 6.07) is 11.4. The van der Waals surface area contributed by atoms with Crippen molar-refractivity contribution < 1.29 is 9.59 Å². The van der Waals surface area contributed by atoms with Gasteiger partial charge in [0.1, 0.15) is 0 Å². The molecule has 164 valence electrons. The van der Waals surface area contributed by atoms with Crippen LogP contribution in [0.15, 0.2) is 55.0 Å². The molecule has 0 aliphatic carbocycles. The van der Waals surface area contributed by atoms with Gasteiger partial charge in [0.2, 0.25) is 5.91 Å². The first kappa shape index (κ1) is 21.4. The first-order chi connectivity index (χ1) is 15.5. The molecule has 32 heavy (non-hydrogen) atoms. The SMILES string of the molecule is CC(=O)N1CCCCC1c1ccc(-c2cncc(NC(=O)Nc3ccc(C)nc3)n2)cc1. The van der Waals surface area contributed by atoms with Gasteiger partial charge in [-0.2, -0.15) is 0 Å². The maximum atomic E-state index is 12.3. The van der Waals surface area contributed by atoms with E-state index in [1.54, 1.807) is 25.4 Å². The Hall–Kier alpha value is -3.81. The molecule has 1 fully saturated rings. The lowest BCUT2D eigenvalue weighted by molar-refractivity contribution is -0.132. The van der Waals surface area contributed by atoms with E-state index in [9.17, 15) is 9.59 Å². The van der Waals surface area contributed by atoms with E-state index in [1.807, 2.05) is 42.2 Å². The fraction of sp³-hybridized carbons (Fsp3) is 0.292. The number of nitrogens with zero attached hydrogens (tertiary/aromatic N) is 4. The molecule has 0 bridgehead atoms. The molecule has 0 spiro atoms. The number of rotatable bonds is 4. The lowest BCUT2D eigenvalue weighted by Crippen LogP contribution is -2.36. The number of anilines is 2. The number of hydrogen-bond donors (Lipinski definition) is 2. The minimum atomic E-state index is -0.418. The van der Waals surface area contributed by atoms with Crippen molar-refractivity contribution in [1.29, 1.82) is 0 Å². The molecule has 1 aliphatic heterocycles. The van der Waals surface area contributed by atoms with E-state index in [-0.39, 0.29) is 11.9 Å². The third-order valence-electron chi connectivity index (χ3n) is 5.54. The number of urea groups is 1. The van der Waals surface area contributed by atoms with Gasteiger partial charge in [0.25, 0.3) is 0 Å². The highest BCUT2D eigenvalue weighted by molar-refractivity contribution is 5.99. The molecular weight excluding hydrogens is 404 g/mol. The molecule has 3 aromatic rings. The number of pyridine rings is 1. The summed E-state index contributed by atoms with van der Waals surface area (Å²) in [5.41, 5.74) is 4.13. The summed E-state index contributed by atoms with van der Waals surface area (Å²) in [4.78, 5) is 39.1. The summed E-state index contributed by atoms with van der Waals surface area (Å²) >= 11 is 0. The van der Waals surface area contributed by atoms with Gasteiger partial charge in [0.05, 0.1) is 36.0 Å². The second-order valence-corrected chi connectivity index (χ2v) is 7.90. The lowest BCUT2D eigenvalue weighted by atomic mass is 9.94. The summed E-state index contributed by atoms with van der Waals surface area (Å²) in [5.74, 6) is 0.460. The van der Waals surface area contributed by atoms with Gasteiger partial charge >= 0.3 is 6.03 Å². The largest absolute Gasteiger partial charge is 0.336 e. The van der Waals surface area contributed by atoms with Crippen LogP contribution in [0.1, 0.15) is 43.5 Å². The molecular formula is C24H26N6O2. The zero-order valence-corrected chi connectivity index (χ0v) is 18.2. The van der Waals surface area contributed by atoms with E-state index < -0.39 is 6.03 Å². The fourth-order valence-corrected chi connectivity index (χ4v) is 3.92. The molecule has 3 heterocycles. The van der Waals surface area contributed by atoms with Crippen molar-refractivity contribution >= 4 is 23.4 Å². The standard InChI is InChI=1S/C24H26N6O2/c1-16-6-11-20(13-26-16)27-24(32)29-23-15-25-14-21(28-23)18-7-9-19(10-8-18)22-5-3-4-12-30(22)17(2)31/h6-11,13-15,22H,3-5,12H2,1-2H3,(H2,27,28,29,32). The number of carbonyl (C=O) groups is 2. The van der Waals surface area contributed by atoms with E-state index in [2.05, 4.69) is 25.6 Å². The summed E-state index contributed by atoms with van der Waals surface area (Å²) in [6.45, 7) is 4.32. The molecule has 1 atom stereocenters. The summed E-state index contributed by atoms with van der Waals surface area (Å²) in [6.07, 6.45) is 7.90. The van der Waals surface area contributed by atoms with Gasteiger partial charge in [-0.05, 0) is 43.9 Å². The van der Waals surface area contributed by atoms with Crippen LogP contribution >= 0.6 is 0 Å². The van der Waals surface area contributed by atoms with Crippen molar-refractivity contribution in [3.05, 3.63) is 66.2 Å². The van der Waals surface area contributed by atoms with Gasteiger partial charge in [-0.1, -0.05) is 24.3 Å². The Morgan fingerprint density at radius 2 is 1.81 bits per heavy atom. The van der Waals surface area contributed by atoms with Crippen LogP contribution in [0.2, 0.25) is 0 Å². The number of aryl methyl sites for hydroxylation is 1. The highest BCUT2D eigenvalue weighted by Gasteiger charge is 2.25. The molecule has 8 nitrogen and oxygen atoms in total. The first-order valence-corrected chi connectivity index (χ1v) is 10.7. The highest BCUT2D eigenvalue weighted by atomic mass is 16.2. The van der Waals surface area contributed by atoms with Crippen LogP contribution in [0, 0.1) is 6.92 Å². The minimum absolute atomic E-state index is 0.114. The van der Waals surface area contributed by atoms with Crippen LogP contribution in [0.5, 0.6) is 0 Å². The van der Waals surface area contributed by atoms with Crippen LogP contribution in [-0.4, -0.2) is 38.3 Å². The second-order valence-electron chi connectivity index (χ2n) is 7.90. The first-order valence-electron chi connectivity index (χ1n) is 10.7.